The number of piperidine rings is 1. The Kier molecular flexibility index (Phi) is 5.88. The minimum atomic E-state index is -4.73. The Bertz CT molecular complexity index is 1500. The number of ether oxygens (including phenoxy) is 2. The third kappa shape index (κ3) is 4.50. The van der Waals surface area contributed by atoms with Crippen molar-refractivity contribution >= 4 is 22.7 Å². The van der Waals surface area contributed by atoms with Crippen LogP contribution in [-0.4, -0.2) is 52.0 Å². The highest BCUT2D eigenvalue weighted by Crippen LogP contribution is 2.38. The van der Waals surface area contributed by atoms with Gasteiger partial charge in [0, 0.05) is 37.7 Å². The van der Waals surface area contributed by atoms with E-state index < -0.39 is 23.3 Å². The van der Waals surface area contributed by atoms with Crippen molar-refractivity contribution in [3.63, 3.8) is 0 Å². The topological polar surface area (TPSA) is 99.3 Å². The predicted molar refractivity (Wildman–Crippen MR) is 131 cm³/mol. The number of hydrogen-bond donors (Lipinski definition) is 1. The lowest BCUT2D eigenvalue weighted by molar-refractivity contribution is -0.169. The lowest BCUT2D eigenvalue weighted by Gasteiger charge is -2.38. The molecule has 0 atom stereocenters. The van der Waals surface area contributed by atoms with Gasteiger partial charge >= 0.3 is 6.18 Å². The summed E-state index contributed by atoms with van der Waals surface area (Å²) >= 11 is 0. The summed E-state index contributed by atoms with van der Waals surface area (Å²) < 4.78 is 66.1. The molecule has 0 radical (unpaired) electrons. The SMILES string of the molecule is Nc1ncnc2nc(-c3ccc(N4CCC5(CC4)OCCO5)nc3)cc(-c3cc(F)cc(C(F)(F)F)c3)c12. The highest BCUT2D eigenvalue weighted by molar-refractivity contribution is 6.01. The van der Waals surface area contributed by atoms with Crippen molar-refractivity contribution in [1.29, 1.82) is 0 Å². The van der Waals surface area contributed by atoms with E-state index in [4.69, 9.17) is 15.2 Å². The first-order chi connectivity index (χ1) is 18.2. The molecule has 6 rings (SSSR count). The van der Waals surface area contributed by atoms with Crippen LogP contribution in [0.5, 0.6) is 0 Å². The summed E-state index contributed by atoms with van der Waals surface area (Å²) in [7, 11) is 0. The van der Waals surface area contributed by atoms with Crippen LogP contribution in [-0.2, 0) is 15.7 Å². The molecule has 0 saturated carbocycles. The van der Waals surface area contributed by atoms with E-state index in [1.54, 1.807) is 12.3 Å². The molecule has 0 amide bonds. The molecule has 2 saturated heterocycles. The van der Waals surface area contributed by atoms with Gasteiger partial charge in [-0.15, -0.1) is 0 Å². The van der Waals surface area contributed by atoms with Crippen molar-refractivity contribution in [3.8, 4) is 22.4 Å². The van der Waals surface area contributed by atoms with E-state index in [1.807, 2.05) is 12.1 Å². The maximum atomic E-state index is 14.3. The van der Waals surface area contributed by atoms with Gasteiger partial charge in [0.05, 0.1) is 29.9 Å². The summed E-state index contributed by atoms with van der Waals surface area (Å²) in [6.07, 6.45) is -0.402. The minimum absolute atomic E-state index is 0.0179. The molecule has 1 aromatic carbocycles. The van der Waals surface area contributed by atoms with Crippen molar-refractivity contribution in [2.45, 2.75) is 24.8 Å². The Balaban J connectivity index is 1.37. The molecule has 2 fully saturated rings. The van der Waals surface area contributed by atoms with E-state index in [0.29, 0.717) is 30.5 Å². The number of fused-ring (bicyclic) bond motifs is 1. The largest absolute Gasteiger partial charge is 0.416 e. The number of alkyl halides is 3. The molecule has 0 aliphatic carbocycles. The van der Waals surface area contributed by atoms with Crippen LogP contribution in [0, 0.1) is 5.82 Å². The smallest absolute Gasteiger partial charge is 0.383 e. The van der Waals surface area contributed by atoms with Crippen LogP contribution >= 0.6 is 0 Å². The number of hydrogen-bond acceptors (Lipinski definition) is 8. The molecule has 2 aliphatic heterocycles. The average molecular weight is 526 g/mol. The van der Waals surface area contributed by atoms with Gasteiger partial charge in [0.2, 0.25) is 0 Å². The lowest BCUT2D eigenvalue weighted by atomic mass is 9.98. The summed E-state index contributed by atoms with van der Waals surface area (Å²) in [6.45, 7) is 2.67. The number of benzene rings is 1. The number of rotatable bonds is 3. The van der Waals surface area contributed by atoms with Crippen molar-refractivity contribution in [2.75, 3.05) is 36.9 Å². The van der Waals surface area contributed by atoms with E-state index in [2.05, 4.69) is 24.8 Å². The quantitative estimate of drug-likeness (QED) is 0.379. The highest BCUT2D eigenvalue weighted by Gasteiger charge is 2.40. The van der Waals surface area contributed by atoms with E-state index in [1.165, 1.54) is 6.33 Å². The zero-order chi connectivity index (χ0) is 26.5. The standard InChI is InChI=1S/C26H22F4N6O2/c27-18-10-16(9-17(11-18)26(28,29)30)19-12-20(35-24-22(19)23(31)33-14-34-24)15-1-2-21(32-13-15)36-5-3-25(4-6-36)37-7-8-38-25/h1-2,9-14H,3-8H2,(H2,31,33,34,35). The number of anilines is 2. The normalized spacial score (nSPS) is 17.4. The zero-order valence-electron chi connectivity index (χ0n) is 20.0. The fourth-order valence-corrected chi connectivity index (χ4v) is 4.96. The number of nitrogens with two attached hydrogens (primary N) is 1. The van der Waals surface area contributed by atoms with Crippen LogP contribution in [0.2, 0.25) is 0 Å². The van der Waals surface area contributed by atoms with Crippen LogP contribution in [0.4, 0.5) is 29.2 Å². The fraction of sp³-hybridized carbons (Fsp3) is 0.308. The van der Waals surface area contributed by atoms with Gasteiger partial charge in [0.15, 0.2) is 11.4 Å². The number of pyridine rings is 2. The molecule has 12 heteroatoms. The van der Waals surface area contributed by atoms with Gasteiger partial charge in [-0.3, -0.25) is 0 Å². The minimum Gasteiger partial charge on any atom is -0.383 e. The Labute approximate surface area is 214 Å². The number of halogens is 4. The van der Waals surface area contributed by atoms with E-state index in [9.17, 15) is 17.6 Å². The predicted octanol–water partition coefficient (Wildman–Crippen LogP) is 4.84. The fourth-order valence-electron chi connectivity index (χ4n) is 4.96. The monoisotopic (exact) mass is 526 g/mol. The first-order valence-corrected chi connectivity index (χ1v) is 12.0. The van der Waals surface area contributed by atoms with Gasteiger partial charge in [-0.25, -0.2) is 24.3 Å². The Morgan fingerprint density at radius 1 is 0.921 bits per heavy atom. The van der Waals surface area contributed by atoms with Gasteiger partial charge in [0.25, 0.3) is 0 Å². The van der Waals surface area contributed by atoms with Gasteiger partial charge in [-0.05, 0) is 47.5 Å². The average Bonchev–Trinajstić information content (AvgIpc) is 3.36. The second-order valence-electron chi connectivity index (χ2n) is 9.24. The molecule has 1 spiro atoms. The maximum absolute atomic E-state index is 14.3. The molecule has 5 heterocycles. The van der Waals surface area contributed by atoms with Crippen LogP contribution < -0.4 is 10.6 Å². The van der Waals surface area contributed by atoms with Gasteiger partial charge < -0.3 is 20.1 Å². The van der Waals surface area contributed by atoms with Crippen LogP contribution in [0.25, 0.3) is 33.4 Å². The van der Waals surface area contributed by atoms with Crippen molar-refractivity contribution in [3.05, 3.63) is 60.3 Å². The molecule has 2 N–H and O–H groups in total. The first-order valence-electron chi connectivity index (χ1n) is 12.0. The number of nitrogens with zero attached hydrogens (tertiary/aromatic N) is 5. The first kappa shape index (κ1) is 24.4. The molecule has 2 aliphatic rings. The summed E-state index contributed by atoms with van der Waals surface area (Å²) in [5.41, 5.74) is 6.32. The van der Waals surface area contributed by atoms with E-state index in [0.717, 1.165) is 43.9 Å². The Hall–Kier alpha value is -3.90. The Morgan fingerprint density at radius 3 is 2.37 bits per heavy atom. The molecule has 4 aromatic rings. The van der Waals surface area contributed by atoms with Gasteiger partial charge in [-0.1, -0.05) is 0 Å². The summed E-state index contributed by atoms with van der Waals surface area (Å²) in [5, 5.41) is 0.234. The zero-order valence-corrected chi connectivity index (χ0v) is 20.0. The van der Waals surface area contributed by atoms with Gasteiger partial charge in [0.1, 0.15) is 23.8 Å². The molecule has 3 aromatic heterocycles. The van der Waals surface area contributed by atoms with E-state index >= 15 is 0 Å². The lowest BCUT2D eigenvalue weighted by Crippen LogP contribution is -2.45. The van der Waals surface area contributed by atoms with Crippen molar-refractivity contribution in [1.82, 2.24) is 19.9 Å². The molecule has 38 heavy (non-hydrogen) atoms. The summed E-state index contributed by atoms with van der Waals surface area (Å²) in [5.74, 6) is -0.726. The number of aromatic nitrogens is 4. The number of nitrogen functional groups attached to an aromatic ring is 1. The summed E-state index contributed by atoms with van der Waals surface area (Å²) in [6, 6.07) is 7.56. The highest BCUT2D eigenvalue weighted by atomic mass is 19.4. The second-order valence-corrected chi connectivity index (χ2v) is 9.24. The summed E-state index contributed by atoms with van der Waals surface area (Å²) in [4.78, 5) is 19.4. The van der Waals surface area contributed by atoms with Crippen LogP contribution in [0.1, 0.15) is 18.4 Å². The second kappa shape index (κ2) is 9.14. The van der Waals surface area contributed by atoms with Crippen LogP contribution in [0.3, 0.4) is 0 Å². The molecular weight excluding hydrogens is 504 g/mol. The third-order valence-corrected chi connectivity index (χ3v) is 6.88. The van der Waals surface area contributed by atoms with Gasteiger partial charge in [-0.2, -0.15) is 13.2 Å². The third-order valence-electron chi connectivity index (χ3n) is 6.88. The van der Waals surface area contributed by atoms with Crippen LogP contribution in [0.15, 0.2) is 48.9 Å². The molecule has 0 unspecified atom stereocenters. The van der Waals surface area contributed by atoms with Crippen molar-refractivity contribution < 1.29 is 27.0 Å². The Morgan fingerprint density at radius 2 is 1.68 bits per heavy atom. The molecule has 196 valence electrons. The molecule has 0 bridgehead atoms. The van der Waals surface area contributed by atoms with E-state index in [-0.39, 0.29) is 28.0 Å². The molecular formula is C26H22F4N6O2. The molecule has 8 nitrogen and oxygen atoms in total. The van der Waals surface area contributed by atoms with Crippen molar-refractivity contribution in [2.24, 2.45) is 0 Å². The maximum Gasteiger partial charge on any atom is 0.416 e.